The number of alkyl halides is 2. The summed E-state index contributed by atoms with van der Waals surface area (Å²) in [4.78, 5) is 25.0. The van der Waals surface area contributed by atoms with E-state index in [1.165, 1.54) is 24.3 Å². The van der Waals surface area contributed by atoms with Gasteiger partial charge < -0.3 is 30.2 Å². The highest BCUT2D eigenvalue weighted by Crippen LogP contribution is 2.32. The second-order valence-electron chi connectivity index (χ2n) is 7.22. The van der Waals surface area contributed by atoms with Gasteiger partial charge in [-0.3, -0.25) is 9.59 Å². The molecule has 8 nitrogen and oxygen atoms in total. The molecule has 0 aliphatic carbocycles. The van der Waals surface area contributed by atoms with Gasteiger partial charge in [0.25, 0.3) is 5.91 Å². The van der Waals surface area contributed by atoms with Gasteiger partial charge in [-0.15, -0.1) is 0 Å². The molecule has 3 aromatic carbocycles. The smallest absolute Gasteiger partial charge is 0.387 e. The number of ether oxygens (including phenoxy) is 3. The number of fused-ring (bicyclic) bond motifs is 1. The third kappa shape index (κ3) is 5.91. The number of amides is 2. The fourth-order valence-corrected chi connectivity index (χ4v) is 3.26. The van der Waals surface area contributed by atoms with Crippen LogP contribution in [0.1, 0.15) is 15.9 Å². The van der Waals surface area contributed by atoms with Crippen molar-refractivity contribution < 1.29 is 32.6 Å². The number of hydrogen-bond acceptors (Lipinski definition) is 6. The average Bonchev–Trinajstić information content (AvgIpc) is 3.30. The lowest BCUT2D eigenvalue weighted by molar-refractivity contribution is -0.114. The van der Waals surface area contributed by atoms with E-state index in [-0.39, 0.29) is 37.4 Å². The fraction of sp³-hybridized carbons (Fsp3) is 0.167. The lowest BCUT2D eigenvalue weighted by Crippen LogP contribution is -2.26. The molecule has 2 amide bonds. The number of anilines is 2. The highest BCUT2D eigenvalue weighted by Gasteiger charge is 2.15. The Morgan fingerprint density at radius 2 is 1.74 bits per heavy atom. The summed E-state index contributed by atoms with van der Waals surface area (Å²) in [6.07, 6.45) is 0. The molecule has 0 atom stereocenters. The van der Waals surface area contributed by atoms with Crippen LogP contribution >= 0.6 is 0 Å². The lowest BCUT2D eigenvalue weighted by Gasteiger charge is -2.13. The normalized spacial score (nSPS) is 11.7. The van der Waals surface area contributed by atoms with E-state index in [1.807, 2.05) is 12.1 Å². The number of rotatable bonds is 9. The minimum atomic E-state index is -2.92. The van der Waals surface area contributed by atoms with Crippen molar-refractivity contribution in [3.8, 4) is 17.2 Å². The van der Waals surface area contributed by atoms with Gasteiger partial charge in [0.05, 0.1) is 12.1 Å². The number of benzene rings is 3. The van der Waals surface area contributed by atoms with Crippen LogP contribution in [0.15, 0.2) is 66.7 Å². The van der Waals surface area contributed by atoms with E-state index in [4.69, 9.17) is 9.47 Å². The molecule has 0 unspecified atom stereocenters. The maximum atomic E-state index is 12.7. The van der Waals surface area contributed by atoms with Gasteiger partial charge in [-0.05, 0) is 54.1 Å². The van der Waals surface area contributed by atoms with Crippen LogP contribution in [0.25, 0.3) is 0 Å². The molecule has 4 rings (SSSR count). The Labute approximate surface area is 193 Å². The second kappa shape index (κ2) is 10.5. The number of hydrogen-bond donors (Lipinski definition) is 3. The summed E-state index contributed by atoms with van der Waals surface area (Å²) < 4.78 is 39.4. The molecule has 0 saturated heterocycles. The Bertz CT molecular complexity index is 1170. The van der Waals surface area contributed by atoms with Gasteiger partial charge in [-0.1, -0.05) is 18.2 Å². The van der Waals surface area contributed by atoms with E-state index in [0.717, 1.165) is 5.56 Å². The SMILES string of the molecule is O=C(CNc1ccccc1C(=O)NCc1ccc2c(c1)OCO2)Nc1ccc(OC(F)F)cc1. The first-order valence-corrected chi connectivity index (χ1v) is 10.3. The summed E-state index contributed by atoms with van der Waals surface area (Å²) in [6.45, 7) is -2.56. The van der Waals surface area contributed by atoms with Crippen LogP contribution in [-0.2, 0) is 11.3 Å². The van der Waals surface area contributed by atoms with Crippen molar-refractivity contribution in [2.24, 2.45) is 0 Å². The molecular formula is C24H21F2N3O5. The van der Waals surface area contributed by atoms with Crippen LogP contribution < -0.4 is 30.2 Å². The average molecular weight is 469 g/mol. The molecule has 0 radical (unpaired) electrons. The summed E-state index contributed by atoms with van der Waals surface area (Å²) in [6, 6.07) is 17.8. The second-order valence-corrected chi connectivity index (χ2v) is 7.22. The Hall–Kier alpha value is -4.34. The quantitative estimate of drug-likeness (QED) is 0.438. The minimum Gasteiger partial charge on any atom is -0.454 e. The van der Waals surface area contributed by atoms with Gasteiger partial charge in [-0.2, -0.15) is 8.78 Å². The molecular weight excluding hydrogens is 448 g/mol. The van der Waals surface area contributed by atoms with Gasteiger partial charge in [0, 0.05) is 17.9 Å². The molecule has 1 aliphatic rings. The molecule has 0 saturated carbocycles. The molecule has 0 spiro atoms. The van der Waals surface area contributed by atoms with E-state index in [2.05, 4.69) is 20.7 Å². The van der Waals surface area contributed by atoms with Crippen LogP contribution in [0.2, 0.25) is 0 Å². The van der Waals surface area contributed by atoms with Crippen LogP contribution in [0.3, 0.4) is 0 Å². The van der Waals surface area contributed by atoms with Crippen LogP contribution in [0.4, 0.5) is 20.2 Å². The van der Waals surface area contributed by atoms with Crippen molar-refractivity contribution in [2.75, 3.05) is 24.0 Å². The largest absolute Gasteiger partial charge is 0.454 e. The fourth-order valence-electron chi connectivity index (χ4n) is 3.26. The Morgan fingerprint density at radius 1 is 0.971 bits per heavy atom. The van der Waals surface area contributed by atoms with Crippen molar-refractivity contribution in [1.29, 1.82) is 0 Å². The molecule has 0 fully saturated rings. The Kier molecular flexibility index (Phi) is 7.07. The van der Waals surface area contributed by atoms with Crippen LogP contribution in [0, 0.1) is 0 Å². The predicted octanol–water partition coefficient (Wildman–Crippen LogP) is 4.00. The van der Waals surface area contributed by atoms with E-state index in [9.17, 15) is 18.4 Å². The van der Waals surface area contributed by atoms with Crippen LogP contribution in [-0.4, -0.2) is 31.8 Å². The summed E-state index contributed by atoms with van der Waals surface area (Å²) in [5.74, 6) is 0.608. The molecule has 0 bridgehead atoms. The molecule has 3 N–H and O–H groups in total. The summed E-state index contributed by atoms with van der Waals surface area (Å²) >= 11 is 0. The van der Waals surface area contributed by atoms with Crippen molar-refractivity contribution in [2.45, 2.75) is 13.2 Å². The predicted molar refractivity (Wildman–Crippen MR) is 120 cm³/mol. The first kappa shape index (κ1) is 22.8. The van der Waals surface area contributed by atoms with Crippen molar-refractivity contribution in [3.63, 3.8) is 0 Å². The summed E-state index contributed by atoms with van der Waals surface area (Å²) in [5, 5.41) is 8.44. The Balaban J connectivity index is 1.31. The van der Waals surface area contributed by atoms with E-state index in [0.29, 0.717) is 28.4 Å². The number of carbonyl (C=O) groups excluding carboxylic acids is 2. The van der Waals surface area contributed by atoms with E-state index in [1.54, 1.807) is 30.3 Å². The molecule has 1 heterocycles. The first-order chi connectivity index (χ1) is 16.5. The zero-order valence-corrected chi connectivity index (χ0v) is 17.8. The van der Waals surface area contributed by atoms with Gasteiger partial charge in [0.2, 0.25) is 12.7 Å². The molecule has 176 valence electrons. The molecule has 0 aromatic heterocycles. The molecule has 10 heteroatoms. The van der Waals surface area contributed by atoms with Gasteiger partial charge >= 0.3 is 6.61 Å². The molecule has 1 aliphatic heterocycles. The van der Waals surface area contributed by atoms with Crippen molar-refractivity contribution >= 4 is 23.2 Å². The first-order valence-electron chi connectivity index (χ1n) is 10.3. The maximum Gasteiger partial charge on any atom is 0.387 e. The third-order valence-electron chi connectivity index (χ3n) is 4.86. The van der Waals surface area contributed by atoms with Crippen molar-refractivity contribution in [1.82, 2.24) is 5.32 Å². The maximum absolute atomic E-state index is 12.7. The van der Waals surface area contributed by atoms with Gasteiger partial charge in [0.15, 0.2) is 11.5 Å². The third-order valence-corrected chi connectivity index (χ3v) is 4.86. The number of nitrogens with one attached hydrogen (secondary N) is 3. The molecule has 3 aromatic rings. The highest BCUT2D eigenvalue weighted by molar-refractivity contribution is 6.00. The summed E-state index contributed by atoms with van der Waals surface area (Å²) in [5.41, 5.74) is 2.14. The number of para-hydroxylation sites is 1. The summed E-state index contributed by atoms with van der Waals surface area (Å²) in [7, 11) is 0. The minimum absolute atomic E-state index is 0.00758. The monoisotopic (exact) mass is 469 g/mol. The number of halogens is 2. The lowest BCUT2D eigenvalue weighted by atomic mass is 10.1. The Morgan fingerprint density at radius 3 is 2.53 bits per heavy atom. The molecule has 34 heavy (non-hydrogen) atoms. The van der Waals surface area contributed by atoms with Crippen LogP contribution in [0.5, 0.6) is 17.2 Å². The van der Waals surface area contributed by atoms with E-state index < -0.39 is 6.61 Å². The van der Waals surface area contributed by atoms with E-state index >= 15 is 0 Å². The highest BCUT2D eigenvalue weighted by atomic mass is 19.3. The number of carbonyl (C=O) groups is 2. The zero-order chi connectivity index (χ0) is 23.9. The van der Waals surface area contributed by atoms with Gasteiger partial charge in [0.1, 0.15) is 5.75 Å². The zero-order valence-electron chi connectivity index (χ0n) is 17.8. The standard InChI is InChI=1S/C24H21F2N3O5/c25-24(26)34-17-8-6-16(7-9-17)29-22(30)13-27-19-4-2-1-3-18(19)23(31)28-12-15-5-10-20-21(11-15)33-14-32-20/h1-11,24,27H,12-14H2,(H,28,31)(H,29,30). The van der Waals surface area contributed by atoms with Crippen molar-refractivity contribution in [3.05, 3.63) is 77.9 Å². The topological polar surface area (TPSA) is 97.9 Å². The van der Waals surface area contributed by atoms with Gasteiger partial charge in [-0.25, -0.2) is 0 Å².